The highest BCUT2D eigenvalue weighted by molar-refractivity contribution is 5.80. The molecule has 0 aromatic heterocycles. The zero-order chi connectivity index (χ0) is 14.8. The SMILES string of the molecule is CNC(CCOCCCOC)(C(=O)O)c1ccccc1. The van der Waals surface area contributed by atoms with Crippen molar-refractivity contribution in [2.75, 3.05) is 34.0 Å². The summed E-state index contributed by atoms with van der Waals surface area (Å²) >= 11 is 0. The first kappa shape index (κ1) is 16.6. The summed E-state index contributed by atoms with van der Waals surface area (Å²) in [5, 5.41) is 12.5. The minimum Gasteiger partial charge on any atom is -0.480 e. The van der Waals surface area contributed by atoms with Gasteiger partial charge in [-0.05, 0) is 19.0 Å². The maximum Gasteiger partial charge on any atom is 0.328 e. The smallest absolute Gasteiger partial charge is 0.328 e. The summed E-state index contributed by atoms with van der Waals surface area (Å²) in [6.07, 6.45) is 1.18. The molecule has 0 aliphatic rings. The van der Waals surface area contributed by atoms with Crippen LogP contribution in [0.4, 0.5) is 0 Å². The van der Waals surface area contributed by atoms with Crippen molar-refractivity contribution in [3.63, 3.8) is 0 Å². The Bertz CT molecular complexity index is 396. The third-order valence-electron chi connectivity index (χ3n) is 3.32. The lowest BCUT2D eigenvalue weighted by molar-refractivity contribution is -0.146. The topological polar surface area (TPSA) is 67.8 Å². The maximum absolute atomic E-state index is 11.7. The Hall–Kier alpha value is -1.43. The van der Waals surface area contributed by atoms with Crippen LogP contribution in [0.1, 0.15) is 18.4 Å². The van der Waals surface area contributed by atoms with Crippen molar-refractivity contribution in [3.8, 4) is 0 Å². The van der Waals surface area contributed by atoms with Crippen LogP contribution in [0.5, 0.6) is 0 Å². The van der Waals surface area contributed by atoms with Gasteiger partial charge in [0.1, 0.15) is 5.54 Å². The van der Waals surface area contributed by atoms with E-state index in [1.165, 1.54) is 0 Å². The third-order valence-corrected chi connectivity index (χ3v) is 3.32. The molecule has 0 amide bonds. The summed E-state index contributed by atoms with van der Waals surface area (Å²) in [4.78, 5) is 11.7. The fourth-order valence-electron chi connectivity index (χ4n) is 2.11. The van der Waals surface area contributed by atoms with Gasteiger partial charge in [0.05, 0.1) is 0 Å². The number of methoxy groups -OCH3 is 1. The van der Waals surface area contributed by atoms with Crippen LogP contribution in [-0.2, 0) is 19.8 Å². The summed E-state index contributed by atoms with van der Waals surface area (Å²) in [7, 11) is 3.30. The second kappa shape index (κ2) is 8.68. The molecule has 20 heavy (non-hydrogen) atoms. The molecule has 0 spiro atoms. The molecule has 1 aromatic carbocycles. The molecule has 5 heteroatoms. The Labute approximate surface area is 119 Å². The number of aliphatic carboxylic acids is 1. The lowest BCUT2D eigenvalue weighted by atomic mass is 9.87. The largest absolute Gasteiger partial charge is 0.480 e. The molecule has 0 bridgehead atoms. The Morgan fingerprint density at radius 2 is 1.95 bits per heavy atom. The number of hydrogen-bond donors (Lipinski definition) is 2. The molecule has 1 unspecified atom stereocenters. The molecule has 5 nitrogen and oxygen atoms in total. The number of rotatable bonds is 10. The first-order valence-electron chi connectivity index (χ1n) is 6.72. The summed E-state index contributed by atoms with van der Waals surface area (Å²) in [5.74, 6) is -0.897. The minimum atomic E-state index is -1.11. The lowest BCUT2D eigenvalue weighted by Crippen LogP contribution is -2.48. The van der Waals surface area contributed by atoms with E-state index < -0.39 is 11.5 Å². The highest BCUT2D eigenvalue weighted by Gasteiger charge is 2.38. The average molecular weight is 281 g/mol. The van der Waals surface area contributed by atoms with Crippen LogP contribution < -0.4 is 5.32 Å². The molecule has 0 saturated heterocycles. The molecule has 1 rings (SSSR count). The molecule has 0 radical (unpaired) electrons. The van der Waals surface area contributed by atoms with Crippen LogP contribution in [-0.4, -0.2) is 45.1 Å². The van der Waals surface area contributed by atoms with Crippen molar-refractivity contribution in [1.29, 1.82) is 0 Å². The molecule has 2 N–H and O–H groups in total. The number of likely N-dealkylation sites (N-methyl/N-ethyl adjacent to an activating group) is 1. The second-order valence-electron chi connectivity index (χ2n) is 4.54. The zero-order valence-electron chi connectivity index (χ0n) is 12.1. The molecule has 0 heterocycles. The molecule has 1 aromatic rings. The Morgan fingerprint density at radius 1 is 1.25 bits per heavy atom. The quantitative estimate of drug-likeness (QED) is 0.638. The van der Waals surface area contributed by atoms with E-state index in [1.54, 1.807) is 14.2 Å². The maximum atomic E-state index is 11.7. The summed E-state index contributed by atoms with van der Waals surface area (Å²) < 4.78 is 10.4. The van der Waals surface area contributed by atoms with Crippen molar-refractivity contribution in [2.45, 2.75) is 18.4 Å². The molecule has 1 atom stereocenters. The van der Waals surface area contributed by atoms with Gasteiger partial charge in [-0.25, -0.2) is 4.79 Å². The van der Waals surface area contributed by atoms with Crippen LogP contribution in [0.2, 0.25) is 0 Å². The Morgan fingerprint density at radius 3 is 2.50 bits per heavy atom. The first-order valence-corrected chi connectivity index (χ1v) is 6.72. The van der Waals surface area contributed by atoms with Crippen LogP contribution in [0.25, 0.3) is 0 Å². The van der Waals surface area contributed by atoms with E-state index in [2.05, 4.69) is 5.32 Å². The van der Waals surface area contributed by atoms with Crippen molar-refractivity contribution in [3.05, 3.63) is 35.9 Å². The van der Waals surface area contributed by atoms with Crippen molar-refractivity contribution < 1.29 is 19.4 Å². The van der Waals surface area contributed by atoms with E-state index in [4.69, 9.17) is 9.47 Å². The number of carboxylic acid groups (broad SMARTS) is 1. The van der Waals surface area contributed by atoms with Crippen LogP contribution >= 0.6 is 0 Å². The predicted molar refractivity (Wildman–Crippen MR) is 76.7 cm³/mol. The average Bonchev–Trinajstić information content (AvgIpc) is 2.47. The molecular weight excluding hydrogens is 258 g/mol. The minimum absolute atomic E-state index is 0.371. The van der Waals surface area contributed by atoms with Gasteiger partial charge >= 0.3 is 5.97 Å². The van der Waals surface area contributed by atoms with Crippen molar-refractivity contribution in [1.82, 2.24) is 5.32 Å². The number of benzene rings is 1. The summed E-state index contributed by atoms with van der Waals surface area (Å²) in [6, 6.07) is 9.17. The molecular formula is C15H23NO4. The molecule has 0 fully saturated rings. The van der Waals surface area contributed by atoms with Gasteiger partial charge in [0, 0.05) is 33.4 Å². The lowest BCUT2D eigenvalue weighted by Gasteiger charge is -2.29. The Kier molecular flexibility index (Phi) is 7.22. The summed E-state index contributed by atoms with van der Waals surface area (Å²) in [5.41, 5.74) is -0.377. The van der Waals surface area contributed by atoms with Gasteiger partial charge in [-0.15, -0.1) is 0 Å². The highest BCUT2D eigenvalue weighted by Crippen LogP contribution is 2.25. The molecule has 0 saturated carbocycles. The Balaban J connectivity index is 2.64. The van der Waals surface area contributed by atoms with Crippen LogP contribution in [0.15, 0.2) is 30.3 Å². The van der Waals surface area contributed by atoms with Crippen molar-refractivity contribution >= 4 is 5.97 Å². The van der Waals surface area contributed by atoms with Gasteiger partial charge in [-0.2, -0.15) is 0 Å². The predicted octanol–water partition coefficient (Wildman–Crippen LogP) is 1.63. The van der Waals surface area contributed by atoms with E-state index in [1.807, 2.05) is 30.3 Å². The number of ether oxygens (including phenoxy) is 2. The fraction of sp³-hybridized carbons (Fsp3) is 0.533. The standard InChI is InChI=1S/C15H23NO4/c1-16-15(14(17)18,13-7-4-3-5-8-13)9-12-20-11-6-10-19-2/h3-5,7-8,16H,6,9-12H2,1-2H3,(H,17,18). The molecule has 0 aliphatic carbocycles. The van der Waals surface area contributed by atoms with Gasteiger partial charge in [-0.3, -0.25) is 0 Å². The fourth-order valence-corrected chi connectivity index (χ4v) is 2.11. The van der Waals surface area contributed by atoms with Crippen LogP contribution in [0.3, 0.4) is 0 Å². The van der Waals surface area contributed by atoms with E-state index in [9.17, 15) is 9.90 Å². The molecule has 0 aliphatic heterocycles. The van der Waals surface area contributed by atoms with Gasteiger partial charge in [0.15, 0.2) is 0 Å². The number of nitrogens with one attached hydrogen (secondary N) is 1. The van der Waals surface area contributed by atoms with Gasteiger partial charge < -0.3 is 19.9 Å². The third kappa shape index (κ3) is 4.30. The number of carboxylic acids is 1. The van der Waals surface area contributed by atoms with Crippen LogP contribution in [0, 0.1) is 0 Å². The summed E-state index contributed by atoms with van der Waals surface area (Å²) in [6.45, 7) is 1.60. The normalized spacial score (nSPS) is 13.9. The van der Waals surface area contributed by atoms with Crippen molar-refractivity contribution in [2.24, 2.45) is 0 Å². The number of hydrogen-bond acceptors (Lipinski definition) is 4. The van der Waals surface area contributed by atoms with Gasteiger partial charge in [0.25, 0.3) is 0 Å². The number of carbonyl (C=O) groups is 1. The van der Waals surface area contributed by atoms with E-state index in [0.29, 0.717) is 26.2 Å². The monoisotopic (exact) mass is 281 g/mol. The van der Waals surface area contributed by atoms with Gasteiger partial charge in [-0.1, -0.05) is 30.3 Å². The van der Waals surface area contributed by atoms with E-state index >= 15 is 0 Å². The van der Waals surface area contributed by atoms with E-state index in [0.717, 1.165) is 12.0 Å². The van der Waals surface area contributed by atoms with E-state index in [-0.39, 0.29) is 0 Å². The second-order valence-corrected chi connectivity index (χ2v) is 4.54. The zero-order valence-corrected chi connectivity index (χ0v) is 12.1. The highest BCUT2D eigenvalue weighted by atomic mass is 16.5. The molecule has 112 valence electrons. The first-order chi connectivity index (χ1) is 9.67. The van der Waals surface area contributed by atoms with Gasteiger partial charge in [0.2, 0.25) is 0 Å².